The Balaban J connectivity index is 2.33. The summed E-state index contributed by atoms with van der Waals surface area (Å²) in [6.07, 6.45) is 5.42. The van der Waals surface area contributed by atoms with Crippen LogP contribution in [-0.4, -0.2) is 29.2 Å². The van der Waals surface area contributed by atoms with Gasteiger partial charge in [-0.2, -0.15) is 5.10 Å². The Morgan fingerprint density at radius 2 is 2.21 bits per heavy atom. The van der Waals surface area contributed by atoms with Crippen LogP contribution >= 0.6 is 0 Å². The maximum absolute atomic E-state index is 12.9. The van der Waals surface area contributed by atoms with Crippen molar-refractivity contribution in [3.05, 3.63) is 11.9 Å². The number of nitrogens with zero attached hydrogens (tertiary/aromatic N) is 2. The van der Waals surface area contributed by atoms with Crippen LogP contribution < -0.4 is 10.5 Å². The number of ketones is 1. The summed E-state index contributed by atoms with van der Waals surface area (Å²) < 4.78 is 6.84. The van der Waals surface area contributed by atoms with E-state index in [1.54, 1.807) is 25.0 Å². The lowest BCUT2D eigenvalue weighted by atomic mass is 9.67. The van der Waals surface area contributed by atoms with Crippen LogP contribution in [0.1, 0.15) is 43.1 Å². The van der Waals surface area contributed by atoms with Gasteiger partial charge in [-0.3, -0.25) is 9.48 Å². The summed E-state index contributed by atoms with van der Waals surface area (Å²) in [6.45, 7) is 2.63. The van der Waals surface area contributed by atoms with Crippen molar-refractivity contribution in [1.82, 2.24) is 9.78 Å². The zero-order valence-electron chi connectivity index (χ0n) is 12.0. The van der Waals surface area contributed by atoms with E-state index in [4.69, 9.17) is 10.5 Å². The minimum Gasteiger partial charge on any atom is -0.493 e. The topological polar surface area (TPSA) is 70.1 Å². The van der Waals surface area contributed by atoms with Crippen LogP contribution in [0.3, 0.4) is 0 Å². The molecule has 0 saturated heterocycles. The number of Topliss-reactive ketones (excluding diaryl/α,β-unsaturated/α-hetero) is 1. The van der Waals surface area contributed by atoms with E-state index >= 15 is 0 Å². The van der Waals surface area contributed by atoms with Gasteiger partial charge in [-0.15, -0.1) is 0 Å². The van der Waals surface area contributed by atoms with Crippen molar-refractivity contribution in [2.45, 2.75) is 32.6 Å². The van der Waals surface area contributed by atoms with Crippen molar-refractivity contribution < 1.29 is 9.53 Å². The molecule has 0 radical (unpaired) electrons. The molecule has 1 aliphatic rings. The first-order chi connectivity index (χ1) is 9.04. The van der Waals surface area contributed by atoms with Gasteiger partial charge < -0.3 is 10.5 Å². The highest BCUT2D eigenvalue weighted by Gasteiger charge is 2.42. The molecule has 1 heterocycles. The SMILES string of the molecule is COc1cnn(C)c1C(=O)C1(CN)CCC(C)CC1. The first-order valence-electron chi connectivity index (χ1n) is 6.85. The Labute approximate surface area is 114 Å². The molecule has 2 rings (SSSR count). The summed E-state index contributed by atoms with van der Waals surface area (Å²) >= 11 is 0. The Morgan fingerprint density at radius 3 is 2.74 bits per heavy atom. The number of hydrogen-bond acceptors (Lipinski definition) is 4. The van der Waals surface area contributed by atoms with Gasteiger partial charge in [0.2, 0.25) is 0 Å². The highest BCUT2D eigenvalue weighted by atomic mass is 16.5. The van der Waals surface area contributed by atoms with Crippen LogP contribution in [-0.2, 0) is 7.05 Å². The third-order valence-corrected chi connectivity index (χ3v) is 4.44. The second-order valence-electron chi connectivity index (χ2n) is 5.68. The second kappa shape index (κ2) is 5.33. The number of ether oxygens (including phenoxy) is 1. The number of carbonyl (C=O) groups is 1. The molecule has 0 unspecified atom stereocenters. The van der Waals surface area contributed by atoms with Crippen molar-refractivity contribution in [1.29, 1.82) is 0 Å². The first kappa shape index (κ1) is 14.1. The molecule has 2 N–H and O–H groups in total. The maximum atomic E-state index is 12.9. The fourth-order valence-corrected chi connectivity index (χ4v) is 2.92. The molecule has 106 valence electrons. The Kier molecular flexibility index (Phi) is 3.94. The maximum Gasteiger partial charge on any atom is 0.192 e. The summed E-state index contributed by atoms with van der Waals surface area (Å²) in [6, 6.07) is 0. The molecule has 5 heteroatoms. The average molecular weight is 265 g/mol. The molecule has 0 amide bonds. The van der Waals surface area contributed by atoms with Crippen LogP contribution in [0.15, 0.2) is 6.20 Å². The van der Waals surface area contributed by atoms with Crippen LogP contribution in [0.25, 0.3) is 0 Å². The highest BCUT2D eigenvalue weighted by molar-refractivity contribution is 6.01. The summed E-state index contributed by atoms with van der Waals surface area (Å²) in [4.78, 5) is 12.9. The fourth-order valence-electron chi connectivity index (χ4n) is 2.92. The van der Waals surface area contributed by atoms with E-state index in [9.17, 15) is 4.79 Å². The van der Waals surface area contributed by atoms with E-state index < -0.39 is 5.41 Å². The molecule has 1 aromatic rings. The third-order valence-electron chi connectivity index (χ3n) is 4.44. The fraction of sp³-hybridized carbons (Fsp3) is 0.714. The summed E-state index contributed by atoms with van der Waals surface area (Å²) in [5.41, 5.74) is 6.05. The van der Waals surface area contributed by atoms with Crippen LogP contribution in [0, 0.1) is 11.3 Å². The molecule has 1 aliphatic carbocycles. The molecule has 5 nitrogen and oxygen atoms in total. The van der Waals surface area contributed by atoms with Crippen molar-refractivity contribution >= 4 is 5.78 Å². The number of hydrogen-bond donors (Lipinski definition) is 1. The van der Waals surface area contributed by atoms with E-state index in [2.05, 4.69) is 12.0 Å². The van der Waals surface area contributed by atoms with Crippen molar-refractivity contribution in [2.75, 3.05) is 13.7 Å². The first-order valence-corrected chi connectivity index (χ1v) is 6.85. The third kappa shape index (κ3) is 2.39. The molecule has 0 bridgehead atoms. The highest BCUT2D eigenvalue weighted by Crippen LogP contribution is 2.41. The van der Waals surface area contributed by atoms with Crippen LogP contribution in [0.5, 0.6) is 5.75 Å². The normalized spacial score (nSPS) is 27.3. The standard InChI is InChI=1S/C14H23N3O2/c1-10-4-6-14(9-15,7-5-10)13(18)12-11(19-3)8-16-17(12)2/h8,10H,4-7,9,15H2,1-3H3. The summed E-state index contributed by atoms with van der Waals surface area (Å²) in [7, 11) is 3.33. The summed E-state index contributed by atoms with van der Waals surface area (Å²) in [5, 5.41) is 4.11. The lowest BCUT2D eigenvalue weighted by molar-refractivity contribution is 0.0681. The van der Waals surface area contributed by atoms with Crippen molar-refractivity contribution in [3.63, 3.8) is 0 Å². The van der Waals surface area contributed by atoms with Gasteiger partial charge in [-0.05, 0) is 31.6 Å². The van der Waals surface area contributed by atoms with Gasteiger partial charge in [-0.1, -0.05) is 6.92 Å². The number of aryl methyl sites for hydroxylation is 1. The number of methoxy groups -OCH3 is 1. The number of aromatic nitrogens is 2. The van der Waals surface area contributed by atoms with Gasteiger partial charge in [0.05, 0.1) is 13.3 Å². The lowest BCUT2D eigenvalue weighted by Gasteiger charge is -2.37. The zero-order valence-corrected chi connectivity index (χ0v) is 12.0. The minimum absolute atomic E-state index is 0.0822. The molecular weight excluding hydrogens is 242 g/mol. The predicted octanol–water partition coefficient (Wildman–Crippen LogP) is 1.77. The minimum atomic E-state index is -0.437. The van der Waals surface area contributed by atoms with Crippen LogP contribution in [0.2, 0.25) is 0 Å². The van der Waals surface area contributed by atoms with Gasteiger partial charge >= 0.3 is 0 Å². The number of nitrogens with two attached hydrogens (primary N) is 1. The quantitative estimate of drug-likeness (QED) is 0.842. The van der Waals surface area contributed by atoms with Crippen molar-refractivity contribution in [3.8, 4) is 5.75 Å². The Hall–Kier alpha value is -1.36. The zero-order chi connectivity index (χ0) is 14.0. The second-order valence-corrected chi connectivity index (χ2v) is 5.68. The van der Waals surface area contributed by atoms with Gasteiger partial charge in [0.15, 0.2) is 11.5 Å². The molecular formula is C14H23N3O2. The van der Waals surface area contributed by atoms with Gasteiger partial charge in [0, 0.05) is 19.0 Å². The Bertz CT molecular complexity index is 459. The van der Waals surface area contributed by atoms with E-state index in [0.29, 0.717) is 23.9 Å². The lowest BCUT2D eigenvalue weighted by Crippen LogP contribution is -2.42. The van der Waals surface area contributed by atoms with E-state index in [1.165, 1.54) is 0 Å². The molecule has 1 aromatic heterocycles. The molecule has 19 heavy (non-hydrogen) atoms. The summed E-state index contributed by atoms with van der Waals surface area (Å²) in [5.74, 6) is 1.30. The van der Waals surface area contributed by atoms with E-state index in [-0.39, 0.29) is 5.78 Å². The number of carbonyl (C=O) groups excluding carboxylic acids is 1. The van der Waals surface area contributed by atoms with E-state index in [0.717, 1.165) is 25.7 Å². The molecule has 0 spiro atoms. The average Bonchev–Trinajstić information content (AvgIpc) is 2.80. The Morgan fingerprint density at radius 1 is 1.58 bits per heavy atom. The predicted molar refractivity (Wildman–Crippen MR) is 73.2 cm³/mol. The molecule has 1 saturated carbocycles. The van der Waals surface area contributed by atoms with E-state index in [1.807, 2.05) is 0 Å². The monoisotopic (exact) mass is 265 g/mol. The molecule has 1 fully saturated rings. The van der Waals surface area contributed by atoms with Gasteiger partial charge in [0.1, 0.15) is 5.69 Å². The van der Waals surface area contributed by atoms with Gasteiger partial charge in [-0.25, -0.2) is 0 Å². The molecule has 0 aromatic carbocycles. The van der Waals surface area contributed by atoms with Crippen LogP contribution in [0.4, 0.5) is 0 Å². The molecule has 0 aliphatic heterocycles. The smallest absolute Gasteiger partial charge is 0.192 e. The number of rotatable bonds is 4. The molecule has 0 atom stereocenters. The van der Waals surface area contributed by atoms with Crippen molar-refractivity contribution in [2.24, 2.45) is 24.1 Å². The van der Waals surface area contributed by atoms with Gasteiger partial charge in [0.25, 0.3) is 0 Å². The largest absolute Gasteiger partial charge is 0.493 e.